The molecule has 180 valence electrons. The van der Waals surface area contributed by atoms with Crippen LogP contribution < -0.4 is 10.9 Å². The molecule has 2 aromatic heterocycles. The largest absolute Gasteiger partial charge is 0.350 e. The SMILES string of the molecule is CCC1(CC)Cc2ccccc2-c2nc3n(CC(=O)NCc4ccccc4)nc(SC)n3c(=O)c21. The zero-order chi connectivity index (χ0) is 24.6. The molecule has 8 heteroatoms. The molecule has 5 rings (SSSR count). The smallest absolute Gasteiger partial charge is 0.265 e. The van der Waals surface area contributed by atoms with Crippen LogP contribution in [0.1, 0.15) is 43.4 Å². The molecule has 1 N–H and O–H groups in total. The van der Waals surface area contributed by atoms with Gasteiger partial charge < -0.3 is 5.32 Å². The molecule has 35 heavy (non-hydrogen) atoms. The van der Waals surface area contributed by atoms with Crippen LogP contribution in [0, 0.1) is 0 Å². The minimum Gasteiger partial charge on any atom is -0.350 e. The molecule has 1 aliphatic rings. The van der Waals surface area contributed by atoms with Gasteiger partial charge in [-0.1, -0.05) is 80.2 Å². The first-order valence-corrected chi connectivity index (χ1v) is 13.2. The van der Waals surface area contributed by atoms with Gasteiger partial charge in [-0.15, -0.1) is 5.10 Å². The molecular weight excluding hydrogens is 458 g/mol. The van der Waals surface area contributed by atoms with Crippen LogP contribution in [-0.2, 0) is 29.7 Å². The molecule has 2 aromatic carbocycles. The number of benzene rings is 2. The molecule has 0 bridgehead atoms. The van der Waals surface area contributed by atoms with Crippen molar-refractivity contribution in [1.29, 1.82) is 0 Å². The minimum atomic E-state index is -0.278. The van der Waals surface area contributed by atoms with Gasteiger partial charge in [-0.3, -0.25) is 9.59 Å². The number of aromatic nitrogens is 4. The highest BCUT2D eigenvalue weighted by Gasteiger charge is 2.40. The number of hydrogen-bond acceptors (Lipinski definition) is 5. The van der Waals surface area contributed by atoms with Gasteiger partial charge in [-0.2, -0.15) is 0 Å². The van der Waals surface area contributed by atoms with Crippen molar-refractivity contribution < 1.29 is 4.79 Å². The highest BCUT2D eigenvalue weighted by Crippen LogP contribution is 2.44. The van der Waals surface area contributed by atoms with Gasteiger partial charge >= 0.3 is 0 Å². The molecule has 1 aliphatic carbocycles. The normalized spacial score (nSPS) is 13.9. The van der Waals surface area contributed by atoms with Gasteiger partial charge in [0.05, 0.1) is 11.3 Å². The lowest BCUT2D eigenvalue weighted by Gasteiger charge is -2.37. The van der Waals surface area contributed by atoms with Crippen molar-refractivity contribution in [3.8, 4) is 11.3 Å². The van der Waals surface area contributed by atoms with Gasteiger partial charge in [0.15, 0.2) is 5.16 Å². The average Bonchev–Trinajstić information content (AvgIpc) is 3.25. The Bertz CT molecular complexity index is 1450. The Hall–Kier alpha value is -3.39. The van der Waals surface area contributed by atoms with E-state index in [0.29, 0.717) is 17.5 Å². The molecule has 4 aromatic rings. The summed E-state index contributed by atoms with van der Waals surface area (Å²) in [5, 5.41) is 8.09. The van der Waals surface area contributed by atoms with Gasteiger partial charge in [0, 0.05) is 17.5 Å². The first kappa shape index (κ1) is 23.4. The summed E-state index contributed by atoms with van der Waals surface area (Å²) in [5.74, 6) is 0.209. The van der Waals surface area contributed by atoms with Crippen LogP contribution in [0.3, 0.4) is 0 Å². The van der Waals surface area contributed by atoms with E-state index in [9.17, 15) is 9.59 Å². The van der Waals surface area contributed by atoms with Crippen LogP contribution in [0.4, 0.5) is 0 Å². The minimum absolute atomic E-state index is 0.0174. The molecule has 0 aliphatic heterocycles. The molecule has 0 radical (unpaired) electrons. The van der Waals surface area contributed by atoms with Crippen LogP contribution in [0.5, 0.6) is 0 Å². The summed E-state index contributed by atoms with van der Waals surface area (Å²) in [5.41, 5.74) is 4.35. The fourth-order valence-electron chi connectivity index (χ4n) is 5.16. The summed E-state index contributed by atoms with van der Waals surface area (Å²) in [4.78, 5) is 31.9. The predicted octanol–water partition coefficient (Wildman–Crippen LogP) is 4.21. The zero-order valence-electron chi connectivity index (χ0n) is 20.2. The summed E-state index contributed by atoms with van der Waals surface area (Å²) in [6.45, 7) is 4.70. The Balaban J connectivity index is 1.62. The first-order chi connectivity index (χ1) is 17.0. The second kappa shape index (κ2) is 9.34. The molecule has 7 nitrogen and oxygen atoms in total. The number of rotatable bonds is 7. The molecular formula is C27H29N5O2S. The third-order valence-electron chi connectivity index (χ3n) is 7.19. The van der Waals surface area contributed by atoms with E-state index in [4.69, 9.17) is 4.98 Å². The Labute approximate surface area is 208 Å². The molecule has 1 amide bonds. The van der Waals surface area contributed by atoms with Crippen molar-refractivity contribution in [2.75, 3.05) is 6.26 Å². The van der Waals surface area contributed by atoms with E-state index in [0.717, 1.165) is 41.6 Å². The average molecular weight is 488 g/mol. The van der Waals surface area contributed by atoms with E-state index in [-0.39, 0.29) is 23.4 Å². The number of fused-ring (bicyclic) bond motifs is 4. The monoisotopic (exact) mass is 487 g/mol. The van der Waals surface area contributed by atoms with Crippen LogP contribution in [-0.4, -0.2) is 31.3 Å². The Kier molecular flexibility index (Phi) is 6.23. The van der Waals surface area contributed by atoms with Gasteiger partial charge in [-0.25, -0.2) is 14.1 Å². The molecule has 0 atom stereocenters. The van der Waals surface area contributed by atoms with E-state index in [1.165, 1.54) is 17.3 Å². The quantitative estimate of drug-likeness (QED) is 0.395. The molecule has 2 heterocycles. The van der Waals surface area contributed by atoms with Gasteiger partial charge in [0.2, 0.25) is 11.7 Å². The maximum atomic E-state index is 14.1. The lowest BCUT2D eigenvalue weighted by atomic mass is 9.66. The van der Waals surface area contributed by atoms with Crippen LogP contribution in [0.25, 0.3) is 17.0 Å². The predicted molar refractivity (Wildman–Crippen MR) is 139 cm³/mol. The number of nitrogens with zero attached hydrogens (tertiary/aromatic N) is 4. The Morgan fingerprint density at radius 3 is 2.51 bits per heavy atom. The fraction of sp³-hybridized carbons (Fsp3) is 0.333. The maximum absolute atomic E-state index is 14.1. The summed E-state index contributed by atoms with van der Waals surface area (Å²) in [6, 6.07) is 17.9. The second-order valence-electron chi connectivity index (χ2n) is 9.00. The van der Waals surface area contributed by atoms with Gasteiger partial charge in [-0.05, 0) is 36.6 Å². The molecule has 0 fully saturated rings. The van der Waals surface area contributed by atoms with Gasteiger partial charge in [0.25, 0.3) is 5.56 Å². The summed E-state index contributed by atoms with van der Waals surface area (Å²) >= 11 is 1.38. The Morgan fingerprint density at radius 1 is 1.09 bits per heavy atom. The van der Waals surface area contributed by atoms with Crippen molar-refractivity contribution in [3.63, 3.8) is 0 Å². The van der Waals surface area contributed by atoms with E-state index >= 15 is 0 Å². The number of thioether (sulfide) groups is 1. The number of carbonyl (C=O) groups is 1. The first-order valence-electron chi connectivity index (χ1n) is 12.0. The summed E-state index contributed by atoms with van der Waals surface area (Å²) in [7, 11) is 0. The van der Waals surface area contributed by atoms with Crippen LogP contribution >= 0.6 is 11.8 Å². The number of amides is 1. The fourth-order valence-corrected chi connectivity index (χ4v) is 5.69. The van der Waals surface area contributed by atoms with Crippen molar-refractivity contribution in [3.05, 3.63) is 81.6 Å². The van der Waals surface area contributed by atoms with E-state index in [1.807, 2.05) is 54.8 Å². The zero-order valence-corrected chi connectivity index (χ0v) is 21.1. The van der Waals surface area contributed by atoms with Crippen molar-refractivity contribution in [2.45, 2.75) is 56.8 Å². The van der Waals surface area contributed by atoms with Crippen molar-refractivity contribution >= 4 is 23.4 Å². The molecule has 0 saturated heterocycles. The van der Waals surface area contributed by atoms with Crippen molar-refractivity contribution in [1.82, 2.24) is 24.5 Å². The van der Waals surface area contributed by atoms with E-state index < -0.39 is 0 Å². The lowest BCUT2D eigenvalue weighted by molar-refractivity contribution is -0.121. The molecule has 0 spiro atoms. The number of hydrogen-bond donors (Lipinski definition) is 1. The van der Waals surface area contributed by atoms with E-state index in [1.54, 1.807) is 9.08 Å². The highest BCUT2D eigenvalue weighted by molar-refractivity contribution is 7.98. The topological polar surface area (TPSA) is 81.3 Å². The Morgan fingerprint density at radius 2 is 1.80 bits per heavy atom. The van der Waals surface area contributed by atoms with Gasteiger partial charge in [0.1, 0.15) is 6.54 Å². The third kappa shape index (κ3) is 3.95. The van der Waals surface area contributed by atoms with Crippen molar-refractivity contribution in [2.24, 2.45) is 0 Å². The molecule has 0 unspecified atom stereocenters. The third-order valence-corrected chi connectivity index (χ3v) is 7.82. The highest BCUT2D eigenvalue weighted by atomic mass is 32.2. The lowest BCUT2D eigenvalue weighted by Crippen LogP contribution is -2.39. The number of carbonyl (C=O) groups excluding carboxylic acids is 1. The second-order valence-corrected chi connectivity index (χ2v) is 9.78. The summed E-state index contributed by atoms with van der Waals surface area (Å²) in [6.07, 6.45) is 4.39. The van der Waals surface area contributed by atoms with Crippen LogP contribution in [0.15, 0.2) is 64.5 Å². The standard InChI is InChI=1S/C27H29N5O2S/c1-4-27(5-2)15-19-13-9-10-14-20(19)23-22(27)24(34)32-25(29-23)31(30-26(32)35-3)17-21(33)28-16-18-11-7-6-8-12-18/h6-14H,4-5,15-17H2,1-3H3,(H,28,33). The maximum Gasteiger partial charge on any atom is 0.265 e. The van der Waals surface area contributed by atoms with Crippen LogP contribution in [0.2, 0.25) is 0 Å². The summed E-state index contributed by atoms with van der Waals surface area (Å²) < 4.78 is 3.13. The number of nitrogens with one attached hydrogen (secondary N) is 1. The molecule has 0 saturated carbocycles. The van der Waals surface area contributed by atoms with E-state index in [2.05, 4.69) is 30.3 Å².